The molecule has 1 N–H and O–H groups in total. The molecule has 0 saturated carbocycles. The van der Waals surface area contributed by atoms with Crippen molar-refractivity contribution < 1.29 is 9.72 Å². The number of nitrogens with zero attached hydrogens (tertiary/aromatic N) is 3. The summed E-state index contributed by atoms with van der Waals surface area (Å²) in [5.74, 6) is -0.485. The molecule has 1 aromatic carbocycles. The SMILES string of the molecule is O=C(Cn1ccccc1=O)N/N=C\c1ccc(Br)c([N+](=O)[O-])c1. The monoisotopic (exact) mass is 378 g/mol. The number of amides is 1. The number of nitro benzene ring substituents is 1. The molecule has 1 heterocycles. The number of halogens is 1. The summed E-state index contributed by atoms with van der Waals surface area (Å²) in [5, 5.41) is 14.5. The van der Waals surface area contributed by atoms with Gasteiger partial charge in [-0.2, -0.15) is 5.10 Å². The number of nitro groups is 1. The van der Waals surface area contributed by atoms with Crippen LogP contribution in [-0.4, -0.2) is 21.6 Å². The summed E-state index contributed by atoms with van der Waals surface area (Å²) in [6.45, 7) is -0.169. The molecule has 1 amide bonds. The van der Waals surface area contributed by atoms with Gasteiger partial charge in [0.05, 0.1) is 15.6 Å². The van der Waals surface area contributed by atoms with Crippen molar-refractivity contribution in [3.63, 3.8) is 0 Å². The smallest absolute Gasteiger partial charge is 0.284 e. The Morgan fingerprint density at radius 2 is 2.17 bits per heavy atom. The molecule has 9 heteroatoms. The molecule has 0 fully saturated rings. The lowest BCUT2D eigenvalue weighted by Gasteiger charge is -2.03. The van der Waals surface area contributed by atoms with E-state index in [4.69, 9.17) is 0 Å². The highest BCUT2D eigenvalue weighted by atomic mass is 79.9. The van der Waals surface area contributed by atoms with Gasteiger partial charge in [-0.05, 0) is 28.1 Å². The van der Waals surface area contributed by atoms with Crippen LogP contribution >= 0.6 is 15.9 Å². The second-order valence-electron chi connectivity index (χ2n) is 4.43. The van der Waals surface area contributed by atoms with Gasteiger partial charge >= 0.3 is 0 Å². The van der Waals surface area contributed by atoms with Gasteiger partial charge in [-0.15, -0.1) is 0 Å². The predicted octanol–water partition coefficient (Wildman–Crippen LogP) is 1.67. The van der Waals surface area contributed by atoms with Crippen LogP contribution in [0.1, 0.15) is 5.56 Å². The minimum absolute atomic E-state index is 0.101. The molecule has 2 rings (SSSR count). The Balaban J connectivity index is 2.00. The zero-order valence-corrected chi connectivity index (χ0v) is 13.3. The zero-order valence-electron chi connectivity index (χ0n) is 11.7. The second-order valence-corrected chi connectivity index (χ2v) is 5.28. The highest BCUT2D eigenvalue weighted by Crippen LogP contribution is 2.24. The van der Waals surface area contributed by atoms with E-state index in [1.807, 2.05) is 0 Å². The first-order chi connectivity index (χ1) is 11.0. The van der Waals surface area contributed by atoms with Crippen LogP contribution in [-0.2, 0) is 11.3 Å². The average Bonchev–Trinajstić information content (AvgIpc) is 2.51. The van der Waals surface area contributed by atoms with Crippen molar-refractivity contribution in [1.29, 1.82) is 0 Å². The van der Waals surface area contributed by atoms with E-state index in [9.17, 15) is 19.7 Å². The molecule has 0 atom stereocenters. The van der Waals surface area contributed by atoms with Crippen LogP contribution in [0.3, 0.4) is 0 Å². The third-order valence-electron chi connectivity index (χ3n) is 2.78. The number of benzene rings is 1. The Kier molecular flexibility index (Phi) is 5.36. The van der Waals surface area contributed by atoms with Crippen molar-refractivity contribution in [2.45, 2.75) is 6.54 Å². The number of pyridine rings is 1. The molecule has 0 spiro atoms. The largest absolute Gasteiger partial charge is 0.306 e. The van der Waals surface area contributed by atoms with E-state index in [0.717, 1.165) is 0 Å². The average molecular weight is 379 g/mol. The van der Waals surface area contributed by atoms with Crippen molar-refractivity contribution in [2.24, 2.45) is 5.10 Å². The van der Waals surface area contributed by atoms with Gasteiger partial charge in [0.25, 0.3) is 17.2 Å². The standard InChI is InChI=1S/C14H11BrN4O4/c15-11-5-4-10(7-12(11)19(22)23)8-16-17-13(20)9-18-6-2-1-3-14(18)21/h1-8H,9H2,(H,17,20)/b16-8-. The summed E-state index contributed by atoms with van der Waals surface area (Å²) in [6, 6.07) is 9.01. The maximum Gasteiger partial charge on any atom is 0.284 e. The van der Waals surface area contributed by atoms with Crippen LogP contribution in [0.2, 0.25) is 0 Å². The normalized spacial score (nSPS) is 10.7. The summed E-state index contributed by atoms with van der Waals surface area (Å²) in [4.78, 5) is 33.4. The van der Waals surface area contributed by atoms with Crippen LogP contribution < -0.4 is 11.0 Å². The van der Waals surface area contributed by atoms with E-state index < -0.39 is 10.8 Å². The lowest BCUT2D eigenvalue weighted by molar-refractivity contribution is -0.385. The third-order valence-corrected chi connectivity index (χ3v) is 3.45. The molecule has 0 aliphatic rings. The number of aromatic nitrogens is 1. The maximum absolute atomic E-state index is 11.7. The minimum atomic E-state index is -0.526. The molecule has 1 aromatic heterocycles. The van der Waals surface area contributed by atoms with E-state index >= 15 is 0 Å². The number of hydrazone groups is 1. The lowest BCUT2D eigenvalue weighted by Crippen LogP contribution is -2.28. The van der Waals surface area contributed by atoms with E-state index in [2.05, 4.69) is 26.5 Å². The van der Waals surface area contributed by atoms with E-state index in [0.29, 0.717) is 10.0 Å². The number of carbonyl (C=O) groups excluding carboxylic acids is 1. The van der Waals surface area contributed by atoms with Crippen molar-refractivity contribution in [2.75, 3.05) is 0 Å². The third kappa shape index (κ3) is 4.58. The first-order valence-electron chi connectivity index (χ1n) is 6.38. The first kappa shape index (κ1) is 16.6. The van der Waals surface area contributed by atoms with Crippen molar-refractivity contribution >= 4 is 33.7 Å². The summed E-state index contributed by atoms with van der Waals surface area (Å²) in [7, 11) is 0. The molecular formula is C14H11BrN4O4. The first-order valence-corrected chi connectivity index (χ1v) is 7.18. The Bertz CT molecular complexity index is 832. The molecule has 0 aliphatic carbocycles. The summed E-state index contributed by atoms with van der Waals surface area (Å²) < 4.78 is 1.59. The molecule has 0 aliphatic heterocycles. The van der Waals surface area contributed by atoms with Gasteiger partial charge in [-0.1, -0.05) is 12.1 Å². The highest BCUT2D eigenvalue weighted by molar-refractivity contribution is 9.10. The fraction of sp³-hybridized carbons (Fsp3) is 0.0714. The molecular weight excluding hydrogens is 368 g/mol. The molecule has 0 unspecified atom stereocenters. The van der Waals surface area contributed by atoms with Crippen LogP contribution in [0.4, 0.5) is 5.69 Å². The lowest BCUT2D eigenvalue weighted by atomic mass is 10.2. The minimum Gasteiger partial charge on any atom is -0.306 e. The zero-order chi connectivity index (χ0) is 16.8. The molecule has 0 bridgehead atoms. The number of hydrogen-bond acceptors (Lipinski definition) is 5. The van der Waals surface area contributed by atoms with E-state index in [1.54, 1.807) is 18.2 Å². The van der Waals surface area contributed by atoms with Gasteiger partial charge in [0, 0.05) is 23.9 Å². The molecule has 118 valence electrons. The fourth-order valence-corrected chi connectivity index (χ4v) is 2.10. The van der Waals surface area contributed by atoms with Crippen LogP contribution in [0.15, 0.2) is 57.0 Å². The number of carbonyl (C=O) groups is 1. The van der Waals surface area contributed by atoms with Gasteiger partial charge in [0.1, 0.15) is 6.54 Å². The number of rotatable bonds is 5. The number of hydrogen-bond donors (Lipinski definition) is 1. The van der Waals surface area contributed by atoms with Crippen molar-refractivity contribution in [1.82, 2.24) is 9.99 Å². The Labute approximate surface area is 138 Å². The summed E-state index contributed by atoms with van der Waals surface area (Å²) in [5.41, 5.74) is 2.32. The van der Waals surface area contributed by atoms with Gasteiger partial charge in [-0.3, -0.25) is 19.7 Å². The van der Waals surface area contributed by atoms with Crippen LogP contribution in [0, 0.1) is 10.1 Å². The van der Waals surface area contributed by atoms with Gasteiger partial charge < -0.3 is 4.57 Å². The topological polar surface area (TPSA) is 107 Å². The van der Waals surface area contributed by atoms with Gasteiger partial charge in [0.15, 0.2) is 0 Å². The molecule has 8 nitrogen and oxygen atoms in total. The van der Waals surface area contributed by atoms with Crippen LogP contribution in [0.5, 0.6) is 0 Å². The Hall–Kier alpha value is -2.81. The van der Waals surface area contributed by atoms with E-state index in [1.165, 1.54) is 35.2 Å². The molecule has 0 saturated heterocycles. The Morgan fingerprint density at radius 3 is 2.87 bits per heavy atom. The predicted molar refractivity (Wildman–Crippen MR) is 87.2 cm³/mol. The van der Waals surface area contributed by atoms with Gasteiger partial charge in [0.2, 0.25) is 0 Å². The maximum atomic E-state index is 11.7. The quantitative estimate of drug-likeness (QED) is 0.485. The Morgan fingerprint density at radius 1 is 1.39 bits per heavy atom. The van der Waals surface area contributed by atoms with Crippen LogP contribution in [0.25, 0.3) is 0 Å². The van der Waals surface area contributed by atoms with Gasteiger partial charge in [-0.25, -0.2) is 5.43 Å². The number of nitrogens with one attached hydrogen (secondary N) is 1. The highest BCUT2D eigenvalue weighted by Gasteiger charge is 2.11. The second kappa shape index (κ2) is 7.45. The summed E-state index contributed by atoms with van der Waals surface area (Å²) >= 11 is 3.08. The molecule has 0 radical (unpaired) electrons. The summed E-state index contributed by atoms with van der Waals surface area (Å²) in [6.07, 6.45) is 2.77. The molecule has 23 heavy (non-hydrogen) atoms. The molecule has 2 aromatic rings. The van der Waals surface area contributed by atoms with Crippen molar-refractivity contribution in [3.05, 3.63) is 73.1 Å². The van der Waals surface area contributed by atoms with E-state index in [-0.39, 0.29) is 17.8 Å². The fourth-order valence-electron chi connectivity index (χ4n) is 1.71. The van der Waals surface area contributed by atoms with Crippen molar-refractivity contribution in [3.8, 4) is 0 Å².